The Hall–Kier alpha value is -2.81. The predicted molar refractivity (Wildman–Crippen MR) is 98.2 cm³/mol. The number of rotatable bonds is 2. The maximum Gasteiger partial charge on any atom is 0.261 e. The van der Waals surface area contributed by atoms with Crippen molar-refractivity contribution in [1.82, 2.24) is 4.98 Å². The van der Waals surface area contributed by atoms with Crippen molar-refractivity contribution in [3.8, 4) is 0 Å². The Kier molecular flexibility index (Phi) is 3.47. The summed E-state index contributed by atoms with van der Waals surface area (Å²) in [6.45, 7) is 2.24. The van der Waals surface area contributed by atoms with E-state index < -0.39 is 0 Å². The highest BCUT2D eigenvalue weighted by Crippen LogP contribution is 2.27. The highest BCUT2D eigenvalue weighted by Gasteiger charge is 2.26. The number of hydrogen-bond acceptors (Lipinski definition) is 2. The van der Waals surface area contributed by atoms with Crippen LogP contribution in [0.4, 0.5) is 11.4 Å². The maximum atomic E-state index is 4.72. The van der Waals surface area contributed by atoms with E-state index in [4.69, 9.17) is 4.98 Å². The molecule has 2 nitrogen and oxygen atoms in total. The number of aromatic nitrogens is 1. The van der Waals surface area contributed by atoms with Gasteiger partial charge in [0.25, 0.3) is 6.71 Å². The fourth-order valence-electron chi connectivity index (χ4n) is 3.14. The number of nitrogens with zero attached hydrogens (tertiary/aromatic N) is 2. The van der Waals surface area contributed by atoms with Crippen LogP contribution in [0.5, 0.6) is 0 Å². The SMILES string of the molecule is Cc1cccc(B2C=CN(c3ccccc3)c3ccccc32)n1. The lowest BCUT2D eigenvalue weighted by molar-refractivity contribution is 1.23. The summed E-state index contributed by atoms with van der Waals surface area (Å²) >= 11 is 0. The Labute approximate surface area is 137 Å². The molecule has 2 aromatic carbocycles. The number of aryl methyl sites for hydroxylation is 1. The molecule has 0 N–H and O–H groups in total. The van der Waals surface area contributed by atoms with Crippen molar-refractivity contribution in [3.05, 3.63) is 90.7 Å². The van der Waals surface area contributed by atoms with Crippen molar-refractivity contribution < 1.29 is 0 Å². The molecular weight excluding hydrogens is 279 g/mol. The minimum absolute atomic E-state index is 0.200. The van der Waals surface area contributed by atoms with E-state index >= 15 is 0 Å². The van der Waals surface area contributed by atoms with Gasteiger partial charge in [-0.3, -0.25) is 4.98 Å². The molecule has 1 aliphatic rings. The van der Waals surface area contributed by atoms with Gasteiger partial charge in [-0.05, 0) is 48.9 Å². The quantitative estimate of drug-likeness (QED) is 0.675. The molecule has 0 fully saturated rings. The third kappa shape index (κ3) is 2.55. The van der Waals surface area contributed by atoms with Gasteiger partial charge in [-0.15, -0.1) is 0 Å². The summed E-state index contributed by atoms with van der Waals surface area (Å²) in [5.41, 5.74) is 5.83. The van der Waals surface area contributed by atoms with E-state index in [2.05, 4.69) is 77.7 Å². The fourth-order valence-corrected chi connectivity index (χ4v) is 3.14. The summed E-state index contributed by atoms with van der Waals surface area (Å²) in [4.78, 5) is 6.96. The van der Waals surface area contributed by atoms with Gasteiger partial charge in [0.2, 0.25) is 0 Å². The molecule has 0 radical (unpaired) electrons. The number of benzene rings is 2. The molecule has 4 rings (SSSR count). The van der Waals surface area contributed by atoms with Crippen molar-refractivity contribution in [1.29, 1.82) is 0 Å². The predicted octanol–water partition coefficient (Wildman–Crippen LogP) is 3.20. The van der Waals surface area contributed by atoms with Crippen molar-refractivity contribution in [3.63, 3.8) is 0 Å². The third-order valence-electron chi connectivity index (χ3n) is 4.22. The van der Waals surface area contributed by atoms with Gasteiger partial charge in [0.15, 0.2) is 0 Å². The number of para-hydroxylation sites is 2. The number of hydrogen-bond donors (Lipinski definition) is 0. The molecule has 2 heterocycles. The normalized spacial score (nSPS) is 13.1. The van der Waals surface area contributed by atoms with Crippen molar-refractivity contribution >= 4 is 29.1 Å². The van der Waals surface area contributed by atoms with Crippen LogP contribution in [0, 0.1) is 6.92 Å². The zero-order chi connectivity index (χ0) is 15.6. The minimum Gasteiger partial charge on any atom is -0.319 e. The molecule has 3 heteroatoms. The van der Waals surface area contributed by atoms with E-state index in [-0.39, 0.29) is 6.71 Å². The van der Waals surface area contributed by atoms with E-state index in [1.807, 2.05) is 19.1 Å². The molecule has 0 saturated carbocycles. The Morgan fingerprint density at radius 3 is 2.43 bits per heavy atom. The monoisotopic (exact) mass is 296 g/mol. The molecular formula is C20H17BN2. The highest BCUT2D eigenvalue weighted by atomic mass is 15.1. The average Bonchev–Trinajstić information content (AvgIpc) is 2.61. The summed E-state index contributed by atoms with van der Waals surface area (Å²) < 4.78 is 0. The van der Waals surface area contributed by atoms with E-state index in [9.17, 15) is 0 Å². The summed E-state index contributed by atoms with van der Waals surface area (Å²) in [7, 11) is 0. The van der Waals surface area contributed by atoms with E-state index in [1.165, 1.54) is 16.8 Å². The van der Waals surface area contributed by atoms with Crippen LogP contribution in [0.3, 0.4) is 0 Å². The lowest BCUT2D eigenvalue weighted by atomic mass is 9.41. The van der Waals surface area contributed by atoms with Crippen molar-refractivity contribution in [2.75, 3.05) is 4.90 Å². The first-order valence-corrected chi connectivity index (χ1v) is 7.88. The first-order chi connectivity index (χ1) is 11.3. The number of fused-ring (bicyclic) bond motifs is 1. The summed E-state index contributed by atoms with van der Waals surface area (Å²) in [6.07, 6.45) is 2.16. The molecule has 110 valence electrons. The second-order valence-electron chi connectivity index (χ2n) is 5.79. The second kappa shape index (κ2) is 5.77. The molecule has 3 aromatic rings. The average molecular weight is 296 g/mol. The topological polar surface area (TPSA) is 16.1 Å². The van der Waals surface area contributed by atoms with Crippen LogP contribution in [-0.4, -0.2) is 11.7 Å². The molecule has 0 saturated heterocycles. The molecule has 23 heavy (non-hydrogen) atoms. The van der Waals surface area contributed by atoms with Gasteiger partial charge in [0.05, 0.1) is 0 Å². The van der Waals surface area contributed by atoms with Crippen LogP contribution in [0.25, 0.3) is 0 Å². The summed E-state index contributed by atoms with van der Waals surface area (Å²) in [5.74, 6) is 2.23. The smallest absolute Gasteiger partial charge is 0.261 e. The third-order valence-corrected chi connectivity index (χ3v) is 4.22. The number of pyridine rings is 1. The van der Waals surface area contributed by atoms with Gasteiger partial charge in [-0.25, -0.2) is 0 Å². The molecule has 0 spiro atoms. The Balaban J connectivity index is 1.82. The zero-order valence-corrected chi connectivity index (χ0v) is 13.1. The van der Waals surface area contributed by atoms with Crippen molar-refractivity contribution in [2.24, 2.45) is 0 Å². The van der Waals surface area contributed by atoms with Crippen LogP contribution >= 0.6 is 0 Å². The van der Waals surface area contributed by atoms with E-state index in [0.717, 1.165) is 11.3 Å². The molecule has 0 aliphatic carbocycles. The zero-order valence-electron chi connectivity index (χ0n) is 13.1. The lowest BCUT2D eigenvalue weighted by Gasteiger charge is -2.29. The Morgan fingerprint density at radius 1 is 0.826 bits per heavy atom. The molecule has 1 aromatic heterocycles. The maximum absolute atomic E-state index is 4.72. The molecule has 0 bridgehead atoms. The van der Waals surface area contributed by atoms with E-state index in [0.29, 0.717) is 0 Å². The van der Waals surface area contributed by atoms with Gasteiger partial charge in [0.1, 0.15) is 0 Å². The molecule has 0 amide bonds. The Bertz CT molecular complexity index is 858. The highest BCUT2D eigenvalue weighted by molar-refractivity contribution is 6.90. The first-order valence-electron chi connectivity index (χ1n) is 7.88. The molecule has 0 unspecified atom stereocenters. The standard InChI is InChI=1S/C20H17BN2/c1-16-8-7-13-20(22-16)21-14-15-23(17-9-3-2-4-10-17)19-12-6-5-11-18(19)21/h2-15H,1H3. The van der Waals surface area contributed by atoms with Crippen LogP contribution < -0.4 is 16.0 Å². The Morgan fingerprint density at radius 2 is 1.61 bits per heavy atom. The first kappa shape index (κ1) is 13.8. The van der Waals surface area contributed by atoms with Crippen LogP contribution in [0.1, 0.15) is 5.69 Å². The summed E-state index contributed by atoms with van der Waals surface area (Å²) in [6, 6.07) is 25.2. The minimum atomic E-state index is 0.200. The largest absolute Gasteiger partial charge is 0.319 e. The van der Waals surface area contributed by atoms with Gasteiger partial charge in [-0.2, -0.15) is 0 Å². The van der Waals surface area contributed by atoms with Crippen molar-refractivity contribution in [2.45, 2.75) is 6.92 Å². The van der Waals surface area contributed by atoms with Crippen LogP contribution in [0.15, 0.2) is 85.0 Å². The van der Waals surface area contributed by atoms with Gasteiger partial charge in [-0.1, -0.05) is 48.4 Å². The van der Waals surface area contributed by atoms with Gasteiger partial charge >= 0.3 is 0 Å². The molecule has 1 aliphatic heterocycles. The lowest BCUT2D eigenvalue weighted by Crippen LogP contribution is -2.47. The van der Waals surface area contributed by atoms with Gasteiger partial charge in [0, 0.05) is 22.7 Å². The van der Waals surface area contributed by atoms with Gasteiger partial charge < -0.3 is 4.90 Å². The van der Waals surface area contributed by atoms with Crippen LogP contribution in [0.2, 0.25) is 0 Å². The number of anilines is 2. The summed E-state index contributed by atoms with van der Waals surface area (Å²) in [5, 5.41) is 0. The van der Waals surface area contributed by atoms with Crippen LogP contribution in [-0.2, 0) is 0 Å². The molecule has 0 atom stereocenters. The van der Waals surface area contributed by atoms with E-state index in [1.54, 1.807) is 0 Å². The fraction of sp³-hybridized carbons (Fsp3) is 0.0500. The second-order valence-corrected chi connectivity index (χ2v) is 5.79.